The first kappa shape index (κ1) is 17.8. The molecule has 0 radical (unpaired) electrons. The van der Waals surface area contributed by atoms with Crippen molar-refractivity contribution < 1.29 is 19.0 Å². The third kappa shape index (κ3) is 3.24. The highest BCUT2D eigenvalue weighted by Crippen LogP contribution is 2.42. The van der Waals surface area contributed by atoms with Gasteiger partial charge in [-0.2, -0.15) is 0 Å². The molecule has 2 atom stereocenters. The van der Waals surface area contributed by atoms with Gasteiger partial charge in [0.15, 0.2) is 23.1 Å². The van der Waals surface area contributed by atoms with Crippen LogP contribution >= 0.6 is 0 Å². The second-order valence-electron chi connectivity index (χ2n) is 6.41. The van der Waals surface area contributed by atoms with Gasteiger partial charge in [-0.05, 0) is 42.5 Å². The number of aromatic nitrogens is 1. The van der Waals surface area contributed by atoms with Crippen molar-refractivity contribution in [1.82, 2.24) is 4.98 Å². The van der Waals surface area contributed by atoms with Crippen LogP contribution in [0.3, 0.4) is 0 Å². The predicted octanol–water partition coefficient (Wildman–Crippen LogP) is 2.54. The highest BCUT2D eigenvalue weighted by Gasteiger charge is 2.34. The molecule has 0 fully saturated rings. The molecule has 0 saturated carbocycles. The second kappa shape index (κ2) is 7.45. The Morgan fingerprint density at radius 2 is 2.00 bits per heavy atom. The molecule has 1 aromatic heterocycles. The van der Waals surface area contributed by atoms with Gasteiger partial charge in [0.25, 0.3) is 0 Å². The maximum absolute atomic E-state index is 9.73. The first-order valence-corrected chi connectivity index (χ1v) is 8.72. The summed E-state index contributed by atoms with van der Waals surface area (Å²) in [5.74, 6) is 2.42. The lowest BCUT2D eigenvalue weighted by molar-refractivity contribution is 0.240. The SMILES string of the molecule is CCCc1nc(C2c3cc(OC)c(OC)cc3CCC2N)c(CO)o1. The number of aliphatic hydroxyl groups is 1. The Bertz CT molecular complexity index is 741. The molecule has 0 aliphatic heterocycles. The van der Waals surface area contributed by atoms with E-state index in [1.54, 1.807) is 14.2 Å². The molecule has 3 N–H and O–H groups in total. The molecular formula is C19H26N2O4. The van der Waals surface area contributed by atoms with Crippen molar-refractivity contribution in [2.75, 3.05) is 14.2 Å². The van der Waals surface area contributed by atoms with Crippen molar-refractivity contribution in [3.8, 4) is 11.5 Å². The largest absolute Gasteiger partial charge is 0.493 e. The molecule has 2 aromatic rings. The van der Waals surface area contributed by atoms with Gasteiger partial charge in [0, 0.05) is 18.4 Å². The number of oxazole rings is 1. The van der Waals surface area contributed by atoms with E-state index in [4.69, 9.17) is 19.6 Å². The number of hydrogen-bond acceptors (Lipinski definition) is 6. The molecule has 3 rings (SSSR count). The summed E-state index contributed by atoms with van der Waals surface area (Å²) in [6, 6.07) is 3.90. The second-order valence-corrected chi connectivity index (χ2v) is 6.41. The fraction of sp³-hybridized carbons (Fsp3) is 0.526. The van der Waals surface area contributed by atoms with Gasteiger partial charge in [-0.25, -0.2) is 4.98 Å². The Morgan fingerprint density at radius 1 is 1.28 bits per heavy atom. The zero-order valence-corrected chi connectivity index (χ0v) is 15.0. The Morgan fingerprint density at radius 3 is 2.64 bits per heavy atom. The molecule has 1 aliphatic carbocycles. The molecule has 2 unspecified atom stereocenters. The van der Waals surface area contributed by atoms with E-state index in [2.05, 4.69) is 11.9 Å². The Hall–Kier alpha value is -2.05. The van der Waals surface area contributed by atoms with E-state index in [1.165, 1.54) is 5.56 Å². The van der Waals surface area contributed by atoms with Crippen molar-refractivity contribution in [3.05, 3.63) is 40.6 Å². The molecule has 6 nitrogen and oxygen atoms in total. The molecule has 0 amide bonds. The summed E-state index contributed by atoms with van der Waals surface area (Å²) in [5.41, 5.74) is 9.45. The summed E-state index contributed by atoms with van der Waals surface area (Å²) in [6.45, 7) is 1.89. The van der Waals surface area contributed by atoms with Gasteiger partial charge in [0.2, 0.25) is 0 Å². The van der Waals surface area contributed by atoms with Crippen LogP contribution in [0.25, 0.3) is 0 Å². The molecular weight excluding hydrogens is 320 g/mol. The van der Waals surface area contributed by atoms with Gasteiger partial charge in [0.1, 0.15) is 6.61 Å². The first-order chi connectivity index (χ1) is 12.1. The van der Waals surface area contributed by atoms with Crippen LogP contribution < -0.4 is 15.2 Å². The smallest absolute Gasteiger partial charge is 0.194 e. The third-order valence-corrected chi connectivity index (χ3v) is 4.83. The predicted molar refractivity (Wildman–Crippen MR) is 94.1 cm³/mol. The number of methoxy groups -OCH3 is 2. The molecule has 1 aliphatic rings. The molecule has 1 aromatic carbocycles. The number of hydrogen-bond donors (Lipinski definition) is 2. The van der Waals surface area contributed by atoms with Crippen LogP contribution in [0.2, 0.25) is 0 Å². The minimum atomic E-state index is -0.183. The van der Waals surface area contributed by atoms with Crippen LogP contribution in [0.1, 0.15) is 54.2 Å². The van der Waals surface area contributed by atoms with Gasteiger partial charge in [-0.3, -0.25) is 0 Å². The minimum absolute atomic E-state index is 0.0875. The lowest BCUT2D eigenvalue weighted by Gasteiger charge is -2.31. The van der Waals surface area contributed by atoms with Gasteiger partial charge in [-0.15, -0.1) is 0 Å². The number of rotatable bonds is 6. The van der Waals surface area contributed by atoms with Gasteiger partial charge in [0.05, 0.1) is 19.9 Å². The summed E-state index contributed by atoms with van der Waals surface area (Å²) in [6.07, 6.45) is 3.40. The summed E-state index contributed by atoms with van der Waals surface area (Å²) in [5, 5.41) is 9.73. The van der Waals surface area contributed by atoms with Crippen LogP contribution in [0.5, 0.6) is 11.5 Å². The Balaban J connectivity index is 2.11. The van der Waals surface area contributed by atoms with Crippen LogP contribution in [0.15, 0.2) is 16.5 Å². The molecule has 1 heterocycles. The first-order valence-electron chi connectivity index (χ1n) is 8.72. The molecule has 0 saturated heterocycles. The molecule has 0 spiro atoms. The fourth-order valence-corrected chi connectivity index (χ4v) is 3.60. The lowest BCUT2D eigenvalue weighted by atomic mass is 9.77. The van der Waals surface area contributed by atoms with E-state index in [-0.39, 0.29) is 18.6 Å². The zero-order valence-electron chi connectivity index (χ0n) is 15.0. The monoisotopic (exact) mass is 346 g/mol. The van der Waals surface area contributed by atoms with Crippen molar-refractivity contribution >= 4 is 0 Å². The van der Waals surface area contributed by atoms with Gasteiger partial charge < -0.3 is 24.7 Å². The van der Waals surface area contributed by atoms with Crippen molar-refractivity contribution in [2.24, 2.45) is 5.73 Å². The quantitative estimate of drug-likeness (QED) is 0.835. The van der Waals surface area contributed by atoms with E-state index < -0.39 is 0 Å². The summed E-state index contributed by atoms with van der Waals surface area (Å²) in [4.78, 5) is 4.66. The minimum Gasteiger partial charge on any atom is -0.493 e. The third-order valence-electron chi connectivity index (χ3n) is 4.83. The number of ether oxygens (including phenoxy) is 2. The normalized spacial score (nSPS) is 19.6. The van der Waals surface area contributed by atoms with Gasteiger partial charge in [-0.1, -0.05) is 6.92 Å². The molecule has 6 heteroatoms. The molecule has 136 valence electrons. The van der Waals surface area contributed by atoms with Crippen LogP contribution in [-0.2, 0) is 19.4 Å². The fourth-order valence-electron chi connectivity index (χ4n) is 3.60. The van der Waals surface area contributed by atoms with E-state index >= 15 is 0 Å². The highest BCUT2D eigenvalue weighted by atomic mass is 16.5. The number of aryl methyl sites for hydroxylation is 2. The Kier molecular flexibility index (Phi) is 5.30. The van der Waals surface area contributed by atoms with Crippen molar-refractivity contribution in [2.45, 2.75) is 51.2 Å². The Labute approximate surface area is 148 Å². The number of aliphatic hydroxyl groups excluding tert-OH is 1. The van der Waals surface area contributed by atoms with Gasteiger partial charge >= 0.3 is 0 Å². The van der Waals surface area contributed by atoms with E-state index in [1.807, 2.05) is 12.1 Å². The highest BCUT2D eigenvalue weighted by molar-refractivity contribution is 5.52. The van der Waals surface area contributed by atoms with Crippen LogP contribution in [-0.4, -0.2) is 30.4 Å². The standard InChI is InChI=1S/C19H26N2O4/c1-4-5-17-21-19(16(10-22)25-17)18-12-9-15(24-3)14(23-2)8-11(12)6-7-13(18)20/h8-9,13,18,22H,4-7,10,20H2,1-3H3. The van der Waals surface area contributed by atoms with Crippen LogP contribution in [0.4, 0.5) is 0 Å². The van der Waals surface area contributed by atoms with Crippen molar-refractivity contribution in [1.29, 1.82) is 0 Å². The molecule has 0 bridgehead atoms. The van der Waals surface area contributed by atoms with Crippen molar-refractivity contribution in [3.63, 3.8) is 0 Å². The average Bonchev–Trinajstić information content (AvgIpc) is 3.03. The summed E-state index contributed by atoms with van der Waals surface area (Å²) >= 11 is 0. The number of fused-ring (bicyclic) bond motifs is 1. The van der Waals surface area contributed by atoms with E-state index in [0.29, 0.717) is 23.1 Å². The number of nitrogens with zero attached hydrogens (tertiary/aromatic N) is 1. The number of benzene rings is 1. The average molecular weight is 346 g/mol. The van der Waals surface area contributed by atoms with E-state index in [0.717, 1.165) is 36.9 Å². The summed E-state index contributed by atoms with van der Waals surface area (Å²) < 4.78 is 16.6. The molecule has 25 heavy (non-hydrogen) atoms. The summed E-state index contributed by atoms with van der Waals surface area (Å²) in [7, 11) is 3.26. The van der Waals surface area contributed by atoms with E-state index in [9.17, 15) is 5.11 Å². The lowest BCUT2D eigenvalue weighted by Crippen LogP contribution is -2.34. The topological polar surface area (TPSA) is 90.7 Å². The number of nitrogens with two attached hydrogens (primary N) is 1. The maximum atomic E-state index is 9.73. The maximum Gasteiger partial charge on any atom is 0.194 e. The zero-order chi connectivity index (χ0) is 18.0. The van der Waals surface area contributed by atoms with Crippen LogP contribution in [0, 0.1) is 0 Å².